The SMILES string of the molecule is CCNC(=NCc1ccc(C(=O)N(C)C)cc1)NCCCn1c(C)nc2ccccc21. The highest BCUT2D eigenvalue weighted by Crippen LogP contribution is 2.15. The summed E-state index contributed by atoms with van der Waals surface area (Å²) in [5.74, 6) is 1.84. The molecule has 0 saturated carbocycles. The molecular formula is C24H32N6O. The van der Waals surface area contributed by atoms with Crippen molar-refractivity contribution in [3.05, 3.63) is 65.5 Å². The van der Waals surface area contributed by atoms with Crippen LogP contribution in [0.3, 0.4) is 0 Å². The maximum Gasteiger partial charge on any atom is 0.253 e. The van der Waals surface area contributed by atoms with E-state index in [1.165, 1.54) is 5.52 Å². The van der Waals surface area contributed by atoms with E-state index in [0.717, 1.165) is 48.9 Å². The van der Waals surface area contributed by atoms with Crippen molar-refractivity contribution in [2.45, 2.75) is 33.4 Å². The van der Waals surface area contributed by atoms with Crippen LogP contribution in [0.1, 0.15) is 35.1 Å². The number of rotatable bonds is 8. The fraction of sp³-hybridized carbons (Fsp3) is 0.375. The minimum absolute atomic E-state index is 0.00552. The number of para-hydroxylation sites is 2. The topological polar surface area (TPSA) is 74.6 Å². The molecule has 2 N–H and O–H groups in total. The molecular weight excluding hydrogens is 388 g/mol. The Morgan fingerprint density at radius 1 is 1.10 bits per heavy atom. The van der Waals surface area contributed by atoms with Crippen molar-refractivity contribution in [2.75, 3.05) is 27.2 Å². The first-order valence-electron chi connectivity index (χ1n) is 10.7. The number of aliphatic imine (C=N–C) groups is 1. The summed E-state index contributed by atoms with van der Waals surface area (Å²) in [5, 5.41) is 6.70. The van der Waals surface area contributed by atoms with E-state index in [1.807, 2.05) is 30.3 Å². The molecule has 0 fully saturated rings. The normalized spacial score (nSPS) is 11.5. The van der Waals surface area contributed by atoms with Crippen molar-refractivity contribution in [3.63, 3.8) is 0 Å². The number of aryl methyl sites for hydroxylation is 2. The lowest BCUT2D eigenvalue weighted by Gasteiger charge is -2.13. The average molecular weight is 421 g/mol. The van der Waals surface area contributed by atoms with Gasteiger partial charge in [-0.1, -0.05) is 24.3 Å². The van der Waals surface area contributed by atoms with Crippen molar-refractivity contribution < 1.29 is 4.79 Å². The standard InChI is InChI=1S/C24H32N6O/c1-5-25-24(27-17-19-11-13-20(14-12-19)23(31)29(3)4)26-15-8-16-30-18(2)28-21-9-6-7-10-22(21)30/h6-7,9-14H,5,8,15-17H2,1-4H3,(H2,25,26,27). The number of guanidine groups is 1. The maximum absolute atomic E-state index is 12.0. The fourth-order valence-corrected chi connectivity index (χ4v) is 3.45. The van der Waals surface area contributed by atoms with Gasteiger partial charge >= 0.3 is 0 Å². The van der Waals surface area contributed by atoms with Crippen molar-refractivity contribution in [3.8, 4) is 0 Å². The number of carbonyl (C=O) groups is 1. The molecule has 7 nitrogen and oxygen atoms in total. The van der Waals surface area contributed by atoms with Crippen LogP contribution in [-0.2, 0) is 13.1 Å². The van der Waals surface area contributed by atoms with E-state index in [4.69, 9.17) is 0 Å². The van der Waals surface area contributed by atoms with Gasteiger partial charge in [0.1, 0.15) is 5.82 Å². The molecule has 7 heteroatoms. The van der Waals surface area contributed by atoms with E-state index in [9.17, 15) is 4.79 Å². The lowest BCUT2D eigenvalue weighted by atomic mass is 10.1. The second-order valence-corrected chi connectivity index (χ2v) is 7.67. The lowest BCUT2D eigenvalue weighted by Crippen LogP contribution is -2.38. The first kappa shape index (κ1) is 22.3. The number of benzene rings is 2. The summed E-state index contributed by atoms with van der Waals surface area (Å²) in [5.41, 5.74) is 3.97. The van der Waals surface area contributed by atoms with Gasteiger partial charge in [0.25, 0.3) is 5.91 Å². The van der Waals surface area contributed by atoms with Crippen LogP contribution in [0.5, 0.6) is 0 Å². The Kier molecular flexibility index (Phi) is 7.65. The molecule has 0 aliphatic carbocycles. The van der Waals surface area contributed by atoms with E-state index >= 15 is 0 Å². The highest BCUT2D eigenvalue weighted by atomic mass is 16.2. The first-order valence-corrected chi connectivity index (χ1v) is 10.7. The minimum atomic E-state index is 0.00552. The van der Waals surface area contributed by atoms with Gasteiger partial charge in [-0.2, -0.15) is 0 Å². The fourth-order valence-electron chi connectivity index (χ4n) is 3.45. The Morgan fingerprint density at radius 2 is 1.84 bits per heavy atom. The van der Waals surface area contributed by atoms with Gasteiger partial charge in [0, 0.05) is 39.3 Å². The zero-order valence-corrected chi connectivity index (χ0v) is 18.9. The summed E-state index contributed by atoms with van der Waals surface area (Å²) in [7, 11) is 3.51. The highest BCUT2D eigenvalue weighted by Gasteiger charge is 2.08. The van der Waals surface area contributed by atoms with Crippen molar-refractivity contribution >= 4 is 22.9 Å². The van der Waals surface area contributed by atoms with Crippen LogP contribution in [0.25, 0.3) is 11.0 Å². The van der Waals surface area contributed by atoms with Crippen molar-refractivity contribution in [1.29, 1.82) is 0 Å². The molecule has 0 unspecified atom stereocenters. The summed E-state index contributed by atoms with van der Waals surface area (Å²) in [4.78, 5) is 22.9. The molecule has 1 aromatic heterocycles. The number of nitrogens with zero attached hydrogens (tertiary/aromatic N) is 4. The summed E-state index contributed by atoms with van der Waals surface area (Å²) < 4.78 is 2.26. The van der Waals surface area contributed by atoms with Gasteiger partial charge in [0.15, 0.2) is 5.96 Å². The van der Waals surface area contributed by atoms with Crippen LogP contribution in [-0.4, -0.2) is 53.5 Å². The van der Waals surface area contributed by atoms with Gasteiger partial charge in [0.2, 0.25) is 0 Å². The predicted molar refractivity (Wildman–Crippen MR) is 126 cm³/mol. The van der Waals surface area contributed by atoms with Crippen LogP contribution in [0, 0.1) is 6.92 Å². The zero-order valence-electron chi connectivity index (χ0n) is 18.9. The largest absolute Gasteiger partial charge is 0.357 e. The summed E-state index contributed by atoms with van der Waals surface area (Å²) in [6.45, 7) is 7.18. The summed E-state index contributed by atoms with van der Waals surface area (Å²) >= 11 is 0. The number of imidazole rings is 1. The van der Waals surface area contributed by atoms with Crippen LogP contribution >= 0.6 is 0 Å². The van der Waals surface area contributed by atoms with Gasteiger partial charge < -0.3 is 20.1 Å². The number of hydrogen-bond acceptors (Lipinski definition) is 3. The molecule has 1 heterocycles. The molecule has 1 amide bonds. The van der Waals surface area contributed by atoms with Crippen molar-refractivity contribution in [2.24, 2.45) is 4.99 Å². The Labute approximate surface area is 184 Å². The number of aromatic nitrogens is 2. The Bertz CT molecular complexity index is 1040. The average Bonchev–Trinajstić information content (AvgIpc) is 3.09. The molecule has 0 bridgehead atoms. The van der Waals surface area contributed by atoms with E-state index in [-0.39, 0.29) is 5.91 Å². The molecule has 0 aliphatic rings. The Morgan fingerprint density at radius 3 is 2.55 bits per heavy atom. The molecule has 2 aromatic carbocycles. The summed E-state index contributed by atoms with van der Waals surface area (Å²) in [6.07, 6.45) is 0.965. The third kappa shape index (κ3) is 5.84. The van der Waals surface area contributed by atoms with E-state index in [1.54, 1.807) is 19.0 Å². The number of carbonyl (C=O) groups excluding carboxylic acids is 1. The Hall–Kier alpha value is -3.35. The van der Waals surface area contributed by atoms with Gasteiger partial charge in [-0.15, -0.1) is 0 Å². The van der Waals surface area contributed by atoms with Gasteiger partial charge in [-0.25, -0.2) is 9.98 Å². The van der Waals surface area contributed by atoms with Gasteiger partial charge in [-0.05, 0) is 50.1 Å². The van der Waals surface area contributed by atoms with E-state index < -0.39 is 0 Å². The van der Waals surface area contributed by atoms with Crippen LogP contribution in [0.2, 0.25) is 0 Å². The second-order valence-electron chi connectivity index (χ2n) is 7.67. The number of hydrogen-bond donors (Lipinski definition) is 2. The number of fused-ring (bicyclic) bond motifs is 1. The van der Waals surface area contributed by atoms with Crippen molar-refractivity contribution in [1.82, 2.24) is 25.1 Å². The molecule has 3 aromatic rings. The van der Waals surface area contributed by atoms with E-state index in [2.05, 4.69) is 57.2 Å². The molecule has 31 heavy (non-hydrogen) atoms. The predicted octanol–water partition coefficient (Wildman–Crippen LogP) is 3.19. The monoisotopic (exact) mass is 420 g/mol. The number of nitrogens with one attached hydrogen (secondary N) is 2. The van der Waals surface area contributed by atoms with Gasteiger partial charge in [-0.3, -0.25) is 4.79 Å². The van der Waals surface area contributed by atoms with E-state index in [0.29, 0.717) is 12.1 Å². The highest BCUT2D eigenvalue weighted by molar-refractivity contribution is 5.93. The molecule has 0 aliphatic heterocycles. The van der Waals surface area contributed by atoms with Gasteiger partial charge in [0.05, 0.1) is 17.6 Å². The quantitative estimate of drug-likeness (QED) is 0.333. The molecule has 0 radical (unpaired) electrons. The lowest BCUT2D eigenvalue weighted by molar-refractivity contribution is 0.0827. The zero-order chi connectivity index (χ0) is 22.2. The molecule has 0 atom stereocenters. The van der Waals surface area contributed by atoms with Crippen LogP contribution in [0.4, 0.5) is 0 Å². The summed E-state index contributed by atoms with van der Waals surface area (Å²) in [6, 6.07) is 15.9. The minimum Gasteiger partial charge on any atom is -0.357 e. The van der Waals surface area contributed by atoms with Crippen LogP contribution < -0.4 is 10.6 Å². The number of amides is 1. The first-order chi connectivity index (χ1) is 15.0. The molecule has 3 rings (SSSR count). The van der Waals surface area contributed by atoms with Crippen LogP contribution in [0.15, 0.2) is 53.5 Å². The Balaban J connectivity index is 1.54. The third-order valence-corrected chi connectivity index (χ3v) is 5.07. The second kappa shape index (κ2) is 10.6. The third-order valence-electron chi connectivity index (χ3n) is 5.07. The maximum atomic E-state index is 12.0. The smallest absolute Gasteiger partial charge is 0.253 e. The molecule has 0 spiro atoms. The molecule has 164 valence electrons. The molecule has 0 saturated heterocycles.